The van der Waals surface area contributed by atoms with E-state index < -0.39 is 10.0 Å². The molecule has 0 spiro atoms. The van der Waals surface area contributed by atoms with E-state index in [2.05, 4.69) is 102 Å². The van der Waals surface area contributed by atoms with Gasteiger partial charge in [0, 0.05) is 37.8 Å². The van der Waals surface area contributed by atoms with Gasteiger partial charge in [-0.15, -0.1) is 0 Å². The van der Waals surface area contributed by atoms with Crippen molar-refractivity contribution in [3.05, 3.63) is 143 Å². The first kappa shape index (κ1) is 27.1. The predicted octanol–water partition coefficient (Wildman–Crippen LogP) is 6.92. The molecule has 0 radical (unpaired) electrons. The zero-order valence-electron chi connectivity index (χ0n) is 23.9. The molecule has 0 amide bonds. The van der Waals surface area contributed by atoms with Crippen molar-refractivity contribution in [1.29, 1.82) is 0 Å². The maximum Gasteiger partial charge on any atom is 0.243 e. The SMILES string of the molecule is Cc1ccccc1C1Nc2ccc(S(=O)(=O)N3CCN(C(c4ccccc4)c4ccccc4)CC3)cc2C2C=CCC21. The Morgan fingerprint density at radius 2 is 1.40 bits per heavy atom. The summed E-state index contributed by atoms with van der Waals surface area (Å²) >= 11 is 0. The van der Waals surface area contributed by atoms with Crippen molar-refractivity contribution in [2.75, 3.05) is 31.5 Å². The van der Waals surface area contributed by atoms with Crippen molar-refractivity contribution in [2.24, 2.45) is 5.92 Å². The van der Waals surface area contributed by atoms with E-state index in [0.29, 0.717) is 37.0 Å². The minimum atomic E-state index is -3.62. The number of anilines is 1. The second-order valence-corrected chi connectivity index (χ2v) is 13.7. The molecule has 3 unspecified atom stereocenters. The molecule has 0 aromatic heterocycles. The molecule has 6 heteroatoms. The predicted molar refractivity (Wildman–Crippen MR) is 169 cm³/mol. The van der Waals surface area contributed by atoms with Crippen molar-refractivity contribution < 1.29 is 8.42 Å². The summed E-state index contributed by atoms with van der Waals surface area (Å²) in [5.74, 6) is 0.573. The van der Waals surface area contributed by atoms with Crippen molar-refractivity contribution >= 4 is 15.7 Å². The third-order valence-electron chi connectivity index (χ3n) is 9.36. The highest BCUT2D eigenvalue weighted by Crippen LogP contribution is 2.50. The van der Waals surface area contributed by atoms with Crippen LogP contribution in [0.1, 0.15) is 52.2 Å². The van der Waals surface area contributed by atoms with Gasteiger partial charge in [-0.1, -0.05) is 97.1 Å². The molecule has 42 heavy (non-hydrogen) atoms. The molecule has 214 valence electrons. The van der Waals surface area contributed by atoms with Gasteiger partial charge in [-0.25, -0.2) is 8.42 Å². The van der Waals surface area contributed by atoms with Gasteiger partial charge in [0.05, 0.1) is 17.0 Å². The lowest BCUT2D eigenvalue weighted by atomic mass is 9.76. The lowest BCUT2D eigenvalue weighted by Gasteiger charge is -2.40. The second-order valence-electron chi connectivity index (χ2n) is 11.7. The van der Waals surface area contributed by atoms with Crippen LogP contribution in [0.25, 0.3) is 0 Å². The Bertz CT molecular complexity index is 1660. The Hall–Kier alpha value is -3.71. The number of nitrogens with one attached hydrogen (secondary N) is 1. The van der Waals surface area contributed by atoms with Crippen LogP contribution in [-0.2, 0) is 10.0 Å². The second kappa shape index (κ2) is 11.2. The monoisotopic (exact) mass is 575 g/mol. The van der Waals surface area contributed by atoms with Crippen LogP contribution < -0.4 is 5.32 Å². The Balaban J connectivity index is 1.12. The van der Waals surface area contributed by atoms with Crippen molar-refractivity contribution in [2.45, 2.75) is 36.2 Å². The van der Waals surface area contributed by atoms with Gasteiger partial charge in [-0.3, -0.25) is 4.90 Å². The number of hydrogen-bond acceptors (Lipinski definition) is 4. The summed E-state index contributed by atoms with van der Waals surface area (Å²) < 4.78 is 29.6. The number of piperazine rings is 1. The highest BCUT2D eigenvalue weighted by atomic mass is 32.2. The van der Waals surface area contributed by atoms with Crippen LogP contribution in [0.2, 0.25) is 0 Å². The van der Waals surface area contributed by atoms with Crippen LogP contribution in [-0.4, -0.2) is 43.8 Å². The van der Waals surface area contributed by atoms with Gasteiger partial charge in [0.1, 0.15) is 0 Å². The standard InChI is InChI=1S/C36H37N3O2S/c1-26-11-8-9-16-30(26)35-32-18-10-17-31(32)33-25-29(19-20-34(33)37-35)42(40,41)39-23-21-38(22-24-39)36(27-12-4-2-5-13-27)28-14-6-3-7-15-28/h2-17,19-20,25,31-32,35-37H,18,21-24H2,1H3. The number of sulfonamides is 1. The molecule has 3 aliphatic rings. The van der Waals surface area contributed by atoms with Crippen LogP contribution >= 0.6 is 0 Å². The third-order valence-corrected chi connectivity index (χ3v) is 11.3. The normalized spacial score (nSPS) is 22.5. The van der Waals surface area contributed by atoms with E-state index in [0.717, 1.165) is 17.7 Å². The highest BCUT2D eigenvalue weighted by Gasteiger charge is 2.40. The van der Waals surface area contributed by atoms with E-state index in [1.807, 2.05) is 24.3 Å². The van der Waals surface area contributed by atoms with E-state index >= 15 is 0 Å². The van der Waals surface area contributed by atoms with Crippen molar-refractivity contribution in [3.8, 4) is 0 Å². The molecule has 2 aliphatic heterocycles. The molecule has 1 fully saturated rings. The lowest BCUT2D eigenvalue weighted by Crippen LogP contribution is -2.49. The molecule has 4 aromatic rings. The zero-order valence-corrected chi connectivity index (χ0v) is 24.8. The maximum atomic E-state index is 14.0. The topological polar surface area (TPSA) is 52.7 Å². The van der Waals surface area contributed by atoms with Gasteiger partial charge in [-0.2, -0.15) is 4.31 Å². The molecule has 1 saturated heterocycles. The van der Waals surface area contributed by atoms with E-state index in [4.69, 9.17) is 0 Å². The molecular formula is C36H37N3O2S. The number of allylic oxidation sites excluding steroid dienone is 2. The highest BCUT2D eigenvalue weighted by molar-refractivity contribution is 7.89. The van der Waals surface area contributed by atoms with Gasteiger partial charge in [0.25, 0.3) is 0 Å². The first-order valence-electron chi connectivity index (χ1n) is 15.0. The molecule has 1 aliphatic carbocycles. The fourth-order valence-corrected chi connectivity index (χ4v) is 8.67. The minimum absolute atomic E-state index is 0.0966. The number of rotatable bonds is 6. The van der Waals surface area contributed by atoms with Gasteiger partial charge in [0.15, 0.2) is 0 Å². The molecular weight excluding hydrogens is 538 g/mol. The first-order chi connectivity index (χ1) is 20.5. The average Bonchev–Trinajstić information content (AvgIpc) is 3.53. The van der Waals surface area contributed by atoms with Gasteiger partial charge >= 0.3 is 0 Å². The van der Waals surface area contributed by atoms with Gasteiger partial charge in [-0.05, 0) is 65.3 Å². The summed E-state index contributed by atoms with van der Waals surface area (Å²) in [7, 11) is -3.62. The largest absolute Gasteiger partial charge is 0.378 e. The summed E-state index contributed by atoms with van der Waals surface area (Å²) in [6.45, 7) is 4.45. The van der Waals surface area contributed by atoms with Crippen molar-refractivity contribution in [3.63, 3.8) is 0 Å². The molecule has 3 atom stereocenters. The van der Waals surface area contributed by atoms with E-state index in [1.165, 1.54) is 22.3 Å². The van der Waals surface area contributed by atoms with E-state index in [9.17, 15) is 8.42 Å². The third kappa shape index (κ3) is 4.87. The number of nitrogens with zero attached hydrogens (tertiary/aromatic N) is 2. The smallest absolute Gasteiger partial charge is 0.243 e. The molecule has 4 aromatic carbocycles. The molecule has 7 rings (SSSR count). The van der Waals surface area contributed by atoms with Crippen LogP contribution in [0.5, 0.6) is 0 Å². The molecule has 0 saturated carbocycles. The van der Waals surface area contributed by atoms with Crippen LogP contribution in [0.15, 0.2) is 120 Å². The lowest BCUT2D eigenvalue weighted by molar-refractivity contribution is 0.156. The molecule has 5 nitrogen and oxygen atoms in total. The minimum Gasteiger partial charge on any atom is -0.378 e. The van der Waals surface area contributed by atoms with E-state index in [-0.39, 0.29) is 18.0 Å². The molecule has 1 N–H and O–H groups in total. The summed E-state index contributed by atoms with van der Waals surface area (Å²) in [5.41, 5.74) is 7.18. The van der Waals surface area contributed by atoms with Crippen LogP contribution in [0.3, 0.4) is 0 Å². The Morgan fingerprint density at radius 3 is 2.07 bits per heavy atom. The number of benzene rings is 4. The van der Waals surface area contributed by atoms with Gasteiger partial charge in [0.2, 0.25) is 10.0 Å². The summed E-state index contributed by atoms with van der Waals surface area (Å²) in [6, 6.07) is 35.6. The maximum absolute atomic E-state index is 14.0. The summed E-state index contributed by atoms with van der Waals surface area (Å²) in [5, 5.41) is 3.78. The van der Waals surface area contributed by atoms with Crippen molar-refractivity contribution in [1.82, 2.24) is 9.21 Å². The fraction of sp³-hybridized carbons (Fsp3) is 0.278. The summed E-state index contributed by atoms with van der Waals surface area (Å²) in [6.07, 6.45) is 5.52. The van der Waals surface area contributed by atoms with Gasteiger partial charge < -0.3 is 5.32 Å². The van der Waals surface area contributed by atoms with Crippen LogP contribution in [0, 0.1) is 12.8 Å². The number of fused-ring (bicyclic) bond motifs is 3. The quantitative estimate of drug-likeness (QED) is 0.254. The number of hydrogen-bond donors (Lipinski definition) is 1. The molecule has 2 heterocycles. The van der Waals surface area contributed by atoms with Crippen LogP contribution in [0.4, 0.5) is 5.69 Å². The summed E-state index contributed by atoms with van der Waals surface area (Å²) in [4.78, 5) is 2.81. The molecule has 0 bridgehead atoms. The first-order valence-corrected chi connectivity index (χ1v) is 16.4. The Morgan fingerprint density at radius 1 is 0.762 bits per heavy atom. The average molecular weight is 576 g/mol. The Labute approximate surface area is 249 Å². The van der Waals surface area contributed by atoms with E-state index in [1.54, 1.807) is 10.4 Å². The number of aryl methyl sites for hydroxylation is 1. The zero-order chi connectivity index (χ0) is 28.7. The fourth-order valence-electron chi connectivity index (χ4n) is 7.21. The Kier molecular flexibility index (Phi) is 7.22.